The molecule has 12 heteroatoms. The molecule has 0 saturated carbocycles. The summed E-state index contributed by atoms with van der Waals surface area (Å²) < 4.78 is 74.6. The van der Waals surface area contributed by atoms with Crippen molar-refractivity contribution in [1.82, 2.24) is 4.98 Å². The number of anilines is 2. The van der Waals surface area contributed by atoms with Gasteiger partial charge < -0.3 is 24.4 Å². The maximum atomic E-state index is 14.0. The summed E-state index contributed by atoms with van der Waals surface area (Å²) in [5.41, 5.74) is 1.06. The Labute approximate surface area is 240 Å². The molecule has 1 unspecified atom stereocenters. The highest BCUT2D eigenvalue weighted by atomic mass is 19.3. The predicted octanol–water partition coefficient (Wildman–Crippen LogP) is 6.30. The first kappa shape index (κ1) is 31.0. The Hall–Kier alpha value is -3.93. The van der Waals surface area contributed by atoms with Crippen LogP contribution in [0.3, 0.4) is 0 Å². The third-order valence-electron chi connectivity index (χ3n) is 7.47. The van der Waals surface area contributed by atoms with Gasteiger partial charge in [-0.25, -0.2) is 9.37 Å². The maximum Gasteiger partial charge on any atom is 0.387 e. The van der Waals surface area contributed by atoms with Gasteiger partial charge in [0.15, 0.2) is 0 Å². The number of likely N-dealkylation sites (N-methyl/N-ethyl adjacent to an activating group) is 1. The minimum atomic E-state index is -3.23. The zero-order valence-corrected chi connectivity index (χ0v) is 23.6. The van der Waals surface area contributed by atoms with Crippen molar-refractivity contribution in [3.8, 4) is 22.6 Å². The van der Waals surface area contributed by atoms with E-state index >= 15 is 0 Å². The predicted molar refractivity (Wildman–Crippen MR) is 148 cm³/mol. The second-order valence-electron chi connectivity index (χ2n) is 10.6. The average Bonchev–Trinajstić information content (AvgIpc) is 3.40. The van der Waals surface area contributed by atoms with Crippen molar-refractivity contribution in [2.24, 2.45) is 0 Å². The molecule has 1 saturated heterocycles. The van der Waals surface area contributed by atoms with Crippen molar-refractivity contribution in [2.75, 3.05) is 30.0 Å². The Kier molecular flexibility index (Phi) is 9.24. The molecule has 0 aliphatic carbocycles. The van der Waals surface area contributed by atoms with Gasteiger partial charge in [-0.05, 0) is 74.1 Å². The van der Waals surface area contributed by atoms with Crippen LogP contribution >= 0.6 is 0 Å². The zero-order valence-electron chi connectivity index (χ0n) is 23.6. The molecule has 42 heavy (non-hydrogen) atoms. The summed E-state index contributed by atoms with van der Waals surface area (Å²) in [7, 11) is 1.37. The van der Waals surface area contributed by atoms with Crippen LogP contribution in [0.4, 0.5) is 33.5 Å². The zero-order chi connectivity index (χ0) is 30.8. The Morgan fingerprint density at radius 2 is 1.71 bits per heavy atom. The van der Waals surface area contributed by atoms with Gasteiger partial charge in [0.2, 0.25) is 5.91 Å². The Balaban J connectivity index is 1.79. The number of rotatable bonds is 10. The molecule has 1 aromatic heterocycles. The third-order valence-corrected chi connectivity index (χ3v) is 7.47. The van der Waals surface area contributed by atoms with E-state index in [9.17, 15) is 31.9 Å². The molecule has 4 rings (SSSR count). The molecule has 226 valence electrons. The Bertz CT molecular complexity index is 1410. The Morgan fingerprint density at radius 3 is 2.29 bits per heavy atom. The maximum absolute atomic E-state index is 14.0. The quantitative estimate of drug-likeness (QED) is 0.278. The number of aryl methyl sites for hydroxylation is 1. The first-order chi connectivity index (χ1) is 19.8. The lowest BCUT2D eigenvalue weighted by molar-refractivity contribution is -0.122. The number of hydrogen-bond donors (Lipinski definition) is 1. The highest BCUT2D eigenvalue weighted by Crippen LogP contribution is 2.40. The van der Waals surface area contributed by atoms with E-state index < -0.39 is 41.9 Å². The number of carbonyl (C=O) groups excluding carboxylic acids is 1. The fourth-order valence-corrected chi connectivity index (χ4v) is 5.32. The molecule has 1 N–H and O–H groups in total. The molecule has 0 spiro atoms. The molecule has 1 atom stereocenters. The van der Waals surface area contributed by atoms with E-state index in [1.165, 1.54) is 19.2 Å². The minimum absolute atomic E-state index is 0.0196. The van der Waals surface area contributed by atoms with E-state index in [0.717, 1.165) is 35.9 Å². The van der Waals surface area contributed by atoms with Crippen LogP contribution in [0.25, 0.3) is 11.1 Å². The second-order valence-corrected chi connectivity index (χ2v) is 10.6. The molecule has 1 aliphatic heterocycles. The number of benzene rings is 2. The summed E-state index contributed by atoms with van der Waals surface area (Å²) in [4.78, 5) is 21.8. The fraction of sp³-hybridized carbons (Fsp3) is 0.400. The van der Waals surface area contributed by atoms with Crippen molar-refractivity contribution in [3.63, 3.8) is 0 Å². The standard InChI is InChI=1S/C30H32F5N3O4/c1-17-10-18(31)7-8-23(17)24-14-26(38-9-5-6-19(38)16-39)36-15-25(24)30(2,3)27(40)37(4)20-11-21(41-28(32)33)13-22(12-20)42-29(34)35/h7-8,10-15,19,28-29,39H,5-6,9,16H2,1-4H3. The van der Waals surface area contributed by atoms with Crippen LogP contribution < -0.4 is 19.3 Å². The summed E-state index contributed by atoms with van der Waals surface area (Å²) in [5.74, 6) is -1.28. The van der Waals surface area contributed by atoms with E-state index in [0.29, 0.717) is 34.6 Å². The van der Waals surface area contributed by atoms with E-state index in [1.807, 2.05) is 11.0 Å². The van der Waals surface area contributed by atoms with Crippen molar-refractivity contribution in [3.05, 3.63) is 65.6 Å². The van der Waals surface area contributed by atoms with Crippen LogP contribution in [-0.2, 0) is 10.2 Å². The summed E-state index contributed by atoms with van der Waals surface area (Å²) in [6.45, 7) is -0.789. The molecular weight excluding hydrogens is 561 g/mol. The van der Waals surface area contributed by atoms with E-state index in [-0.39, 0.29) is 18.3 Å². The van der Waals surface area contributed by atoms with Crippen LogP contribution in [0, 0.1) is 12.7 Å². The van der Waals surface area contributed by atoms with Crippen LogP contribution in [-0.4, -0.2) is 55.5 Å². The van der Waals surface area contributed by atoms with Crippen LogP contribution in [0.15, 0.2) is 48.7 Å². The molecule has 0 radical (unpaired) electrons. The SMILES string of the molecule is Cc1cc(F)ccc1-c1cc(N2CCCC2CO)ncc1C(C)(C)C(=O)N(C)c1cc(OC(F)F)cc(OC(F)F)c1. The van der Waals surface area contributed by atoms with Crippen molar-refractivity contribution in [2.45, 2.75) is 58.3 Å². The highest BCUT2D eigenvalue weighted by Gasteiger charge is 2.37. The van der Waals surface area contributed by atoms with Gasteiger partial charge in [0, 0.05) is 38.0 Å². The van der Waals surface area contributed by atoms with Gasteiger partial charge in [-0.15, -0.1) is 0 Å². The number of aromatic nitrogens is 1. The number of alkyl halides is 4. The van der Waals surface area contributed by atoms with Gasteiger partial charge in [0.25, 0.3) is 0 Å². The molecule has 0 bridgehead atoms. The number of nitrogens with zero attached hydrogens (tertiary/aromatic N) is 3. The molecule has 2 heterocycles. The summed E-state index contributed by atoms with van der Waals surface area (Å²) in [6.07, 6.45) is 3.23. The second kappa shape index (κ2) is 12.5. The van der Waals surface area contributed by atoms with Crippen LogP contribution in [0.5, 0.6) is 11.5 Å². The number of aliphatic hydroxyl groups excluding tert-OH is 1. The van der Waals surface area contributed by atoms with Crippen molar-refractivity contribution in [1.29, 1.82) is 0 Å². The number of carbonyl (C=O) groups is 1. The summed E-state index contributed by atoms with van der Waals surface area (Å²) in [5, 5.41) is 9.86. The number of amides is 1. The van der Waals surface area contributed by atoms with Crippen molar-refractivity contribution >= 4 is 17.4 Å². The normalized spacial score (nSPS) is 15.4. The molecule has 1 fully saturated rings. The molecule has 1 amide bonds. The van der Waals surface area contributed by atoms with Gasteiger partial charge in [0.1, 0.15) is 23.1 Å². The van der Waals surface area contributed by atoms with Crippen molar-refractivity contribution < 1.29 is 41.3 Å². The third kappa shape index (κ3) is 6.59. The number of hydrogen-bond acceptors (Lipinski definition) is 6. The summed E-state index contributed by atoms with van der Waals surface area (Å²) in [6, 6.07) is 9.12. The van der Waals surface area contributed by atoms with E-state index in [1.54, 1.807) is 33.0 Å². The molecule has 3 aromatic rings. The van der Waals surface area contributed by atoms with E-state index in [2.05, 4.69) is 14.5 Å². The largest absolute Gasteiger partial charge is 0.435 e. The monoisotopic (exact) mass is 593 g/mol. The lowest BCUT2D eigenvalue weighted by Gasteiger charge is -2.33. The number of ether oxygens (including phenoxy) is 2. The van der Waals surface area contributed by atoms with Crippen LogP contribution in [0.2, 0.25) is 0 Å². The topological polar surface area (TPSA) is 75.1 Å². The molecular formula is C30H32F5N3O4. The average molecular weight is 594 g/mol. The summed E-state index contributed by atoms with van der Waals surface area (Å²) >= 11 is 0. The molecule has 1 aliphatic rings. The highest BCUT2D eigenvalue weighted by molar-refractivity contribution is 6.01. The number of halogens is 5. The molecule has 2 aromatic carbocycles. The van der Waals surface area contributed by atoms with Gasteiger partial charge in [-0.3, -0.25) is 4.79 Å². The number of pyridine rings is 1. The lowest BCUT2D eigenvalue weighted by Crippen LogP contribution is -2.42. The fourth-order valence-electron chi connectivity index (χ4n) is 5.32. The molecule has 7 nitrogen and oxygen atoms in total. The first-order valence-electron chi connectivity index (χ1n) is 13.3. The Morgan fingerprint density at radius 1 is 1.07 bits per heavy atom. The van der Waals surface area contributed by atoms with Gasteiger partial charge in [-0.1, -0.05) is 6.07 Å². The number of aliphatic hydroxyl groups is 1. The lowest BCUT2D eigenvalue weighted by atomic mass is 9.79. The first-order valence-corrected chi connectivity index (χ1v) is 13.3. The van der Waals surface area contributed by atoms with Gasteiger partial charge in [-0.2, -0.15) is 17.6 Å². The minimum Gasteiger partial charge on any atom is -0.435 e. The van der Waals surface area contributed by atoms with Gasteiger partial charge >= 0.3 is 13.2 Å². The smallest absolute Gasteiger partial charge is 0.387 e. The van der Waals surface area contributed by atoms with E-state index in [4.69, 9.17) is 0 Å². The van der Waals surface area contributed by atoms with Gasteiger partial charge in [0.05, 0.1) is 23.8 Å². The van der Waals surface area contributed by atoms with Crippen LogP contribution in [0.1, 0.15) is 37.8 Å².